The minimum absolute atomic E-state index is 0.0248. The summed E-state index contributed by atoms with van der Waals surface area (Å²) in [6.45, 7) is 2.12. The summed E-state index contributed by atoms with van der Waals surface area (Å²) in [6.07, 6.45) is 1.64. The second kappa shape index (κ2) is 4.81. The molecular formula is C12H16N2O4. The van der Waals surface area contributed by atoms with Crippen molar-refractivity contribution in [3.05, 3.63) is 28.3 Å². The Labute approximate surface area is 105 Å². The molecule has 1 aromatic rings. The fraction of sp³-hybridized carbons (Fsp3) is 0.500. The molecule has 6 nitrogen and oxygen atoms in total. The first-order chi connectivity index (χ1) is 8.62. The quantitative estimate of drug-likeness (QED) is 0.597. The Hall–Kier alpha value is -1.82. The van der Waals surface area contributed by atoms with Gasteiger partial charge in [0, 0.05) is 0 Å². The molecule has 0 atom stereocenters. The minimum Gasteiger partial charge on any atom is -0.487 e. The number of aliphatic hydroxyl groups is 1. The van der Waals surface area contributed by atoms with E-state index in [1.165, 1.54) is 0 Å². The van der Waals surface area contributed by atoms with Crippen molar-refractivity contribution in [3.8, 4) is 5.75 Å². The molecule has 0 saturated heterocycles. The fourth-order valence-electron chi connectivity index (χ4n) is 1.84. The van der Waals surface area contributed by atoms with Crippen LogP contribution in [-0.4, -0.2) is 28.8 Å². The molecule has 0 radical (unpaired) electrons. The van der Waals surface area contributed by atoms with Gasteiger partial charge < -0.3 is 15.2 Å². The molecule has 0 bridgehead atoms. The van der Waals surface area contributed by atoms with Crippen molar-refractivity contribution in [3.63, 3.8) is 0 Å². The highest BCUT2D eigenvalue weighted by Gasteiger charge is 2.43. The van der Waals surface area contributed by atoms with E-state index in [1.54, 1.807) is 25.1 Å². The average molecular weight is 252 g/mol. The van der Waals surface area contributed by atoms with Crippen molar-refractivity contribution in [2.45, 2.75) is 25.3 Å². The van der Waals surface area contributed by atoms with Gasteiger partial charge in [0.2, 0.25) is 0 Å². The van der Waals surface area contributed by atoms with Crippen molar-refractivity contribution < 1.29 is 14.8 Å². The predicted molar refractivity (Wildman–Crippen MR) is 66.9 cm³/mol. The van der Waals surface area contributed by atoms with Crippen LogP contribution in [0, 0.1) is 10.1 Å². The molecule has 2 N–H and O–H groups in total. The van der Waals surface area contributed by atoms with E-state index in [4.69, 9.17) is 4.74 Å². The first-order valence-electron chi connectivity index (χ1n) is 5.91. The first kappa shape index (κ1) is 12.6. The molecule has 1 aliphatic carbocycles. The number of hydrogen-bond donors (Lipinski definition) is 2. The number of hydrogen-bond acceptors (Lipinski definition) is 5. The third kappa shape index (κ3) is 2.38. The number of nitro benzene ring substituents is 1. The van der Waals surface area contributed by atoms with Gasteiger partial charge in [0.15, 0.2) is 5.75 Å². The highest BCUT2D eigenvalue weighted by Crippen LogP contribution is 2.43. The molecule has 6 heteroatoms. The van der Waals surface area contributed by atoms with Gasteiger partial charge in [-0.2, -0.15) is 0 Å². The number of para-hydroxylation sites is 1. The summed E-state index contributed by atoms with van der Waals surface area (Å²) < 4.78 is 5.26. The first-order valence-corrected chi connectivity index (χ1v) is 5.91. The Morgan fingerprint density at radius 1 is 1.56 bits per heavy atom. The summed E-state index contributed by atoms with van der Waals surface area (Å²) in [5.41, 5.74) is -0.0631. The highest BCUT2D eigenvalue weighted by atomic mass is 16.6. The maximum Gasteiger partial charge on any atom is 0.333 e. The highest BCUT2D eigenvalue weighted by molar-refractivity contribution is 5.69. The lowest BCUT2D eigenvalue weighted by Gasteiger charge is -2.16. The summed E-state index contributed by atoms with van der Waals surface area (Å²) in [5, 5.41) is 23.4. The maximum atomic E-state index is 11.1. The van der Waals surface area contributed by atoms with Crippen LogP contribution >= 0.6 is 0 Å². The van der Waals surface area contributed by atoms with Crippen molar-refractivity contribution in [1.82, 2.24) is 0 Å². The third-order valence-electron chi connectivity index (χ3n) is 3.04. The van der Waals surface area contributed by atoms with E-state index in [0.29, 0.717) is 12.3 Å². The molecular weight excluding hydrogens is 236 g/mol. The average Bonchev–Trinajstić information content (AvgIpc) is 3.10. The van der Waals surface area contributed by atoms with Gasteiger partial charge in [-0.25, -0.2) is 0 Å². The van der Waals surface area contributed by atoms with Crippen LogP contribution < -0.4 is 10.1 Å². The summed E-state index contributed by atoms with van der Waals surface area (Å²) >= 11 is 0. The van der Waals surface area contributed by atoms with E-state index in [2.05, 4.69) is 5.32 Å². The molecule has 18 heavy (non-hydrogen) atoms. The van der Waals surface area contributed by atoms with Gasteiger partial charge in [0.25, 0.3) is 0 Å². The number of nitrogens with one attached hydrogen (secondary N) is 1. The van der Waals surface area contributed by atoms with E-state index < -0.39 is 10.5 Å². The summed E-state index contributed by atoms with van der Waals surface area (Å²) in [7, 11) is 0. The molecule has 1 fully saturated rings. The number of ether oxygens (including phenoxy) is 1. The Morgan fingerprint density at radius 3 is 2.78 bits per heavy atom. The summed E-state index contributed by atoms with van der Waals surface area (Å²) in [5.74, 6) is 0.251. The van der Waals surface area contributed by atoms with Gasteiger partial charge in [0.1, 0.15) is 5.69 Å². The Balaban J connectivity index is 2.33. The Bertz CT molecular complexity index is 457. The van der Waals surface area contributed by atoms with Crippen molar-refractivity contribution in [1.29, 1.82) is 0 Å². The molecule has 0 aliphatic heterocycles. The smallest absolute Gasteiger partial charge is 0.333 e. The van der Waals surface area contributed by atoms with Crippen LogP contribution in [0.4, 0.5) is 11.4 Å². The van der Waals surface area contributed by atoms with Crippen LogP contribution in [0.3, 0.4) is 0 Å². The van der Waals surface area contributed by atoms with E-state index in [-0.39, 0.29) is 18.0 Å². The van der Waals surface area contributed by atoms with Crippen LogP contribution in [0.2, 0.25) is 0 Å². The lowest BCUT2D eigenvalue weighted by atomic mass is 10.2. The number of nitrogens with zero attached hydrogens (tertiary/aromatic N) is 1. The van der Waals surface area contributed by atoms with Crippen LogP contribution in [-0.2, 0) is 0 Å². The number of rotatable bonds is 6. The van der Waals surface area contributed by atoms with Gasteiger partial charge in [-0.15, -0.1) is 0 Å². The number of aliphatic hydroxyl groups excluding tert-OH is 1. The predicted octanol–water partition coefficient (Wildman–Crippen LogP) is 1.93. The normalized spacial score (nSPS) is 16.1. The number of anilines is 1. The van der Waals surface area contributed by atoms with Crippen LogP contribution in [0.1, 0.15) is 19.8 Å². The van der Waals surface area contributed by atoms with Crippen molar-refractivity contribution in [2.75, 3.05) is 18.5 Å². The van der Waals surface area contributed by atoms with Gasteiger partial charge >= 0.3 is 5.69 Å². The molecule has 0 aromatic heterocycles. The van der Waals surface area contributed by atoms with E-state index in [0.717, 1.165) is 12.8 Å². The summed E-state index contributed by atoms with van der Waals surface area (Å²) in [6, 6.07) is 4.91. The zero-order valence-electron chi connectivity index (χ0n) is 10.2. The maximum absolute atomic E-state index is 11.1. The minimum atomic E-state index is -0.458. The van der Waals surface area contributed by atoms with Crippen LogP contribution in [0.5, 0.6) is 5.75 Å². The lowest BCUT2D eigenvalue weighted by molar-refractivity contribution is -0.385. The molecule has 0 heterocycles. The number of benzene rings is 1. The van der Waals surface area contributed by atoms with Gasteiger partial charge in [0.05, 0.1) is 23.7 Å². The molecule has 0 amide bonds. The number of nitro groups is 1. The van der Waals surface area contributed by atoms with Gasteiger partial charge in [-0.1, -0.05) is 6.07 Å². The molecule has 0 spiro atoms. The topological polar surface area (TPSA) is 84.6 Å². The zero-order chi connectivity index (χ0) is 13.2. The molecule has 1 aromatic carbocycles. The van der Waals surface area contributed by atoms with E-state index >= 15 is 0 Å². The lowest BCUT2D eigenvalue weighted by Crippen LogP contribution is -2.26. The zero-order valence-corrected chi connectivity index (χ0v) is 10.2. The van der Waals surface area contributed by atoms with Crippen LogP contribution in [0.25, 0.3) is 0 Å². The monoisotopic (exact) mass is 252 g/mol. The van der Waals surface area contributed by atoms with E-state index in [1.807, 2.05) is 0 Å². The largest absolute Gasteiger partial charge is 0.487 e. The van der Waals surface area contributed by atoms with Crippen molar-refractivity contribution >= 4 is 11.4 Å². The molecule has 1 saturated carbocycles. The SMILES string of the molecule is CCOc1cccc(NC2(CO)CC2)c1[N+](=O)[O-]. The van der Waals surface area contributed by atoms with Crippen LogP contribution in [0.15, 0.2) is 18.2 Å². The summed E-state index contributed by atoms with van der Waals surface area (Å²) in [4.78, 5) is 10.7. The van der Waals surface area contributed by atoms with Crippen molar-refractivity contribution in [2.24, 2.45) is 0 Å². The Kier molecular flexibility index (Phi) is 3.38. The standard InChI is InChI=1S/C12H16N2O4/c1-2-18-10-5-3-4-9(11(10)14(16)17)13-12(8-15)6-7-12/h3-5,13,15H,2,6-8H2,1H3. The molecule has 0 unspecified atom stereocenters. The third-order valence-corrected chi connectivity index (χ3v) is 3.04. The fourth-order valence-corrected chi connectivity index (χ4v) is 1.84. The second-order valence-corrected chi connectivity index (χ2v) is 4.41. The van der Waals surface area contributed by atoms with Gasteiger partial charge in [-0.3, -0.25) is 10.1 Å². The molecule has 1 aliphatic rings. The molecule has 2 rings (SSSR count). The van der Waals surface area contributed by atoms with E-state index in [9.17, 15) is 15.2 Å². The second-order valence-electron chi connectivity index (χ2n) is 4.41. The van der Waals surface area contributed by atoms with Gasteiger partial charge in [-0.05, 0) is 31.9 Å². The Morgan fingerprint density at radius 2 is 2.28 bits per heavy atom. The molecule has 98 valence electrons.